The zero-order valence-corrected chi connectivity index (χ0v) is 17.5. The summed E-state index contributed by atoms with van der Waals surface area (Å²) in [6.07, 6.45) is 0. The fraction of sp³-hybridized carbons (Fsp3) is 0. The van der Waals surface area contributed by atoms with Crippen LogP contribution in [-0.4, -0.2) is 21.7 Å². The van der Waals surface area contributed by atoms with E-state index in [1.165, 1.54) is 24.3 Å². The Kier molecular flexibility index (Phi) is 4.45. The molecule has 32 heavy (non-hydrogen) atoms. The third kappa shape index (κ3) is 3.08. The SMILES string of the molecule is O=C1c2ccc([N+](=O)[O-])cc2C(=O)N1c1cccc(-c2nc3ccc(Br)cc3c(=O)o2)c1. The van der Waals surface area contributed by atoms with Crippen molar-refractivity contribution >= 4 is 50.0 Å². The van der Waals surface area contributed by atoms with Crippen LogP contribution in [0.5, 0.6) is 0 Å². The van der Waals surface area contributed by atoms with Crippen LogP contribution in [0.3, 0.4) is 0 Å². The maximum Gasteiger partial charge on any atom is 0.347 e. The Morgan fingerprint density at radius 2 is 1.72 bits per heavy atom. The summed E-state index contributed by atoms with van der Waals surface area (Å²) in [5.41, 5.74) is 0.197. The van der Waals surface area contributed by atoms with E-state index in [1.807, 2.05) is 0 Å². The Morgan fingerprint density at radius 1 is 0.938 bits per heavy atom. The number of amides is 2. The summed E-state index contributed by atoms with van der Waals surface area (Å²) in [7, 11) is 0. The maximum atomic E-state index is 12.9. The lowest BCUT2D eigenvalue weighted by Gasteiger charge is -2.14. The number of aromatic nitrogens is 1. The van der Waals surface area contributed by atoms with Crippen molar-refractivity contribution in [3.05, 3.63) is 96.8 Å². The number of hydrogen-bond acceptors (Lipinski definition) is 7. The topological polar surface area (TPSA) is 124 Å². The minimum absolute atomic E-state index is 0.0268. The van der Waals surface area contributed by atoms with Gasteiger partial charge in [-0.1, -0.05) is 22.0 Å². The van der Waals surface area contributed by atoms with Crippen molar-refractivity contribution < 1.29 is 18.9 Å². The second kappa shape index (κ2) is 7.20. The summed E-state index contributed by atoms with van der Waals surface area (Å²) < 4.78 is 6.06. The fourth-order valence-electron chi connectivity index (χ4n) is 3.52. The number of carbonyl (C=O) groups is 2. The maximum absolute atomic E-state index is 12.9. The van der Waals surface area contributed by atoms with Crippen molar-refractivity contribution in [2.45, 2.75) is 0 Å². The lowest BCUT2D eigenvalue weighted by Crippen LogP contribution is -2.29. The van der Waals surface area contributed by atoms with E-state index >= 15 is 0 Å². The van der Waals surface area contributed by atoms with E-state index in [4.69, 9.17) is 4.42 Å². The molecular formula is C22H10BrN3O6. The Bertz CT molecular complexity index is 1540. The fourth-order valence-corrected chi connectivity index (χ4v) is 3.88. The molecule has 0 unspecified atom stereocenters. The van der Waals surface area contributed by atoms with Crippen LogP contribution in [-0.2, 0) is 0 Å². The molecule has 0 aliphatic carbocycles. The number of hydrogen-bond donors (Lipinski definition) is 0. The molecule has 2 amide bonds. The van der Waals surface area contributed by atoms with E-state index < -0.39 is 22.4 Å². The summed E-state index contributed by atoms with van der Waals surface area (Å²) in [6.45, 7) is 0. The number of halogens is 1. The molecule has 0 spiro atoms. The number of non-ortho nitro benzene ring substituents is 1. The van der Waals surface area contributed by atoms with E-state index in [-0.39, 0.29) is 28.4 Å². The van der Waals surface area contributed by atoms with Crippen LogP contribution in [0.25, 0.3) is 22.4 Å². The highest BCUT2D eigenvalue weighted by atomic mass is 79.9. The monoisotopic (exact) mass is 491 g/mol. The third-order valence-corrected chi connectivity index (χ3v) is 5.52. The number of anilines is 1. The van der Waals surface area contributed by atoms with Gasteiger partial charge < -0.3 is 4.42 Å². The van der Waals surface area contributed by atoms with Crippen LogP contribution >= 0.6 is 15.9 Å². The summed E-state index contributed by atoms with van der Waals surface area (Å²) in [4.78, 5) is 53.8. The molecule has 1 aliphatic rings. The second-order valence-electron chi connectivity index (χ2n) is 6.95. The van der Waals surface area contributed by atoms with Gasteiger partial charge in [0.05, 0.1) is 32.6 Å². The van der Waals surface area contributed by atoms with E-state index in [0.717, 1.165) is 11.0 Å². The van der Waals surface area contributed by atoms with Gasteiger partial charge in [0.1, 0.15) is 0 Å². The standard InChI is InChI=1S/C22H10BrN3O6/c23-12-4-7-18-17(9-12)22(29)32-19(24-18)11-2-1-3-13(8-11)25-20(27)15-6-5-14(26(30)31)10-16(15)21(25)28/h1-10H. The van der Waals surface area contributed by atoms with E-state index in [9.17, 15) is 24.5 Å². The molecule has 1 aliphatic heterocycles. The Morgan fingerprint density at radius 3 is 2.50 bits per heavy atom. The van der Waals surface area contributed by atoms with Gasteiger partial charge in [0.25, 0.3) is 17.5 Å². The number of nitro benzene ring substituents is 1. The number of nitro groups is 1. The first-order chi connectivity index (χ1) is 15.3. The average Bonchev–Trinajstić information content (AvgIpc) is 3.03. The molecule has 2 heterocycles. The normalized spacial score (nSPS) is 13.0. The lowest BCUT2D eigenvalue weighted by molar-refractivity contribution is -0.384. The predicted molar refractivity (Wildman–Crippen MR) is 118 cm³/mol. The molecule has 10 heteroatoms. The lowest BCUT2D eigenvalue weighted by atomic mass is 10.1. The van der Waals surface area contributed by atoms with Gasteiger partial charge in [-0.25, -0.2) is 14.7 Å². The highest BCUT2D eigenvalue weighted by Crippen LogP contribution is 2.32. The number of fused-ring (bicyclic) bond motifs is 2. The van der Waals surface area contributed by atoms with Crippen molar-refractivity contribution in [3.63, 3.8) is 0 Å². The largest absolute Gasteiger partial charge is 0.403 e. The number of carbonyl (C=O) groups excluding carboxylic acids is 2. The molecule has 4 aromatic rings. The highest BCUT2D eigenvalue weighted by Gasteiger charge is 2.38. The van der Waals surface area contributed by atoms with Crippen LogP contribution < -0.4 is 10.5 Å². The van der Waals surface area contributed by atoms with E-state index in [0.29, 0.717) is 20.9 Å². The van der Waals surface area contributed by atoms with Crippen LogP contribution in [0.1, 0.15) is 20.7 Å². The summed E-state index contributed by atoms with van der Waals surface area (Å²) >= 11 is 3.30. The summed E-state index contributed by atoms with van der Waals surface area (Å²) in [5.74, 6) is -1.25. The number of rotatable bonds is 3. The minimum Gasteiger partial charge on any atom is -0.403 e. The Hall–Kier alpha value is -4.18. The van der Waals surface area contributed by atoms with Crippen molar-refractivity contribution in [1.82, 2.24) is 4.98 Å². The minimum atomic E-state index is -0.677. The first-order valence-electron chi connectivity index (χ1n) is 9.21. The molecule has 9 nitrogen and oxygen atoms in total. The van der Waals surface area contributed by atoms with E-state index in [1.54, 1.807) is 30.3 Å². The molecule has 0 fully saturated rings. The molecule has 5 rings (SSSR count). The zero-order valence-electron chi connectivity index (χ0n) is 15.9. The van der Waals surface area contributed by atoms with Gasteiger partial charge in [-0.15, -0.1) is 0 Å². The molecule has 156 valence electrons. The van der Waals surface area contributed by atoms with Gasteiger partial charge in [0.15, 0.2) is 0 Å². The van der Waals surface area contributed by atoms with Crippen LogP contribution in [0.2, 0.25) is 0 Å². The number of benzene rings is 3. The van der Waals surface area contributed by atoms with Gasteiger partial charge in [-0.3, -0.25) is 19.7 Å². The first-order valence-corrected chi connectivity index (χ1v) is 10.0. The molecule has 1 aromatic heterocycles. The zero-order chi connectivity index (χ0) is 22.6. The van der Waals surface area contributed by atoms with Crippen molar-refractivity contribution in [1.29, 1.82) is 0 Å². The third-order valence-electron chi connectivity index (χ3n) is 5.02. The molecule has 0 saturated carbocycles. The van der Waals surface area contributed by atoms with Gasteiger partial charge >= 0.3 is 5.63 Å². The molecule has 3 aromatic carbocycles. The van der Waals surface area contributed by atoms with E-state index in [2.05, 4.69) is 20.9 Å². The van der Waals surface area contributed by atoms with Gasteiger partial charge in [-0.2, -0.15) is 0 Å². The smallest absolute Gasteiger partial charge is 0.347 e. The number of imide groups is 1. The quantitative estimate of drug-likeness (QED) is 0.237. The van der Waals surface area contributed by atoms with Crippen molar-refractivity contribution in [2.24, 2.45) is 0 Å². The molecule has 0 bridgehead atoms. The van der Waals surface area contributed by atoms with Crippen molar-refractivity contribution in [2.75, 3.05) is 4.90 Å². The Balaban J connectivity index is 1.58. The molecule has 0 N–H and O–H groups in total. The highest BCUT2D eigenvalue weighted by molar-refractivity contribution is 9.10. The molecule has 0 atom stereocenters. The van der Waals surface area contributed by atoms with Gasteiger partial charge in [0.2, 0.25) is 5.89 Å². The van der Waals surface area contributed by atoms with Crippen molar-refractivity contribution in [3.8, 4) is 11.5 Å². The van der Waals surface area contributed by atoms with Crippen LogP contribution in [0, 0.1) is 10.1 Å². The second-order valence-corrected chi connectivity index (χ2v) is 7.87. The molecule has 0 saturated heterocycles. The summed E-state index contributed by atoms with van der Waals surface area (Å²) in [5, 5.41) is 11.3. The number of nitrogens with zero attached hydrogens (tertiary/aromatic N) is 3. The van der Waals surface area contributed by atoms with Crippen LogP contribution in [0.15, 0.2) is 74.3 Å². The summed E-state index contributed by atoms with van der Waals surface area (Å²) in [6, 6.07) is 14.8. The predicted octanol–water partition coefficient (Wildman–Crippen LogP) is 4.33. The molecular weight excluding hydrogens is 482 g/mol. The first kappa shape index (κ1) is 19.8. The average molecular weight is 492 g/mol. The van der Waals surface area contributed by atoms with Gasteiger partial charge in [-0.05, 0) is 42.5 Å². The molecule has 0 radical (unpaired) electrons. The van der Waals surface area contributed by atoms with Crippen LogP contribution in [0.4, 0.5) is 11.4 Å². The Labute approximate surface area is 187 Å². The van der Waals surface area contributed by atoms with Gasteiger partial charge in [0, 0.05) is 22.2 Å².